The van der Waals surface area contributed by atoms with Crippen LogP contribution in [0, 0.1) is 0 Å². The van der Waals surface area contributed by atoms with Gasteiger partial charge in [-0.1, -0.05) is 23.2 Å². The summed E-state index contributed by atoms with van der Waals surface area (Å²) in [5.41, 5.74) is 1.50. The van der Waals surface area contributed by atoms with E-state index in [0.29, 0.717) is 15.7 Å². The fourth-order valence-corrected chi connectivity index (χ4v) is 1.81. The van der Waals surface area contributed by atoms with Gasteiger partial charge in [0.2, 0.25) is 0 Å². The molecule has 1 heterocycles. The number of hydrogen-bond donors (Lipinski definition) is 1. The molecule has 0 aliphatic heterocycles. The maximum absolute atomic E-state index is 9.00. The van der Waals surface area contributed by atoms with Crippen LogP contribution in [0.5, 0.6) is 0 Å². The Morgan fingerprint density at radius 1 is 1.31 bits per heavy atom. The van der Waals surface area contributed by atoms with E-state index in [0.717, 1.165) is 11.4 Å². The second kappa shape index (κ2) is 4.45. The van der Waals surface area contributed by atoms with Crippen molar-refractivity contribution in [2.24, 2.45) is 7.05 Å². The monoisotopic (exact) mass is 256 g/mol. The van der Waals surface area contributed by atoms with Crippen molar-refractivity contribution < 1.29 is 5.11 Å². The Morgan fingerprint density at radius 2 is 2.06 bits per heavy atom. The lowest BCUT2D eigenvalue weighted by molar-refractivity contribution is 0.277. The van der Waals surface area contributed by atoms with E-state index in [1.54, 1.807) is 18.3 Å². The van der Waals surface area contributed by atoms with E-state index in [9.17, 15) is 0 Å². The largest absolute Gasteiger partial charge is 0.390 e. The number of aromatic nitrogens is 2. The predicted octanol–water partition coefficient (Wildman–Crippen LogP) is 2.89. The molecule has 0 aliphatic carbocycles. The van der Waals surface area contributed by atoms with Crippen molar-refractivity contribution in [3.8, 4) is 11.4 Å². The number of hydrogen-bond acceptors (Lipinski definition) is 2. The summed E-state index contributed by atoms with van der Waals surface area (Å²) in [6, 6.07) is 5.33. The second-order valence-corrected chi connectivity index (χ2v) is 4.27. The highest BCUT2D eigenvalue weighted by Crippen LogP contribution is 2.27. The molecule has 0 amide bonds. The SMILES string of the molecule is Cn1cc(CO)nc1-c1ccc(Cl)c(Cl)c1. The Balaban J connectivity index is 2.49. The van der Waals surface area contributed by atoms with Gasteiger partial charge in [0.1, 0.15) is 5.82 Å². The molecule has 0 spiro atoms. The van der Waals surface area contributed by atoms with E-state index in [2.05, 4.69) is 4.98 Å². The van der Waals surface area contributed by atoms with E-state index < -0.39 is 0 Å². The van der Waals surface area contributed by atoms with Crippen molar-refractivity contribution in [2.45, 2.75) is 6.61 Å². The Hall–Kier alpha value is -1.03. The van der Waals surface area contributed by atoms with Crippen LogP contribution in [-0.4, -0.2) is 14.7 Å². The van der Waals surface area contributed by atoms with Crippen molar-refractivity contribution in [3.05, 3.63) is 40.1 Å². The summed E-state index contributed by atoms with van der Waals surface area (Å²) in [5, 5.41) is 10.0. The molecule has 5 heteroatoms. The number of rotatable bonds is 2. The minimum Gasteiger partial charge on any atom is -0.390 e. The third-order valence-electron chi connectivity index (χ3n) is 2.27. The van der Waals surface area contributed by atoms with Gasteiger partial charge in [0.15, 0.2) is 0 Å². The number of nitrogens with zero attached hydrogens (tertiary/aromatic N) is 2. The van der Waals surface area contributed by atoms with E-state index in [4.69, 9.17) is 28.3 Å². The smallest absolute Gasteiger partial charge is 0.140 e. The van der Waals surface area contributed by atoms with E-state index in [-0.39, 0.29) is 6.61 Å². The summed E-state index contributed by atoms with van der Waals surface area (Å²) in [6.45, 7) is -0.0742. The molecule has 0 aliphatic rings. The second-order valence-electron chi connectivity index (χ2n) is 3.45. The molecule has 0 unspecified atom stereocenters. The highest BCUT2D eigenvalue weighted by atomic mass is 35.5. The van der Waals surface area contributed by atoms with Crippen molar-refractivity contribution in [2.75, 3.05) is 0 Å². The third kappa shape index (κ3) is 2.07. The van der Waals surface area contributed by atoms with Crippen LogP contribution in [0.3, 0.4) is 0 Å². The minimum atomic E-state index is -0.0742. The zero-order chi connectivity index (χ0) is 11.7. The maximum Gasteiger partial charge on any atom is 0.140 e. The molecular weight excluding hydrogens is 247 g/mol. The lowest BCUT2D eigenvalue weighted by Crippen LogP contribution is -1.90. The van der Waals surface area contributed by atoms with Crippen LogP contribution >= 0.6 is 23.2 Å². The van der Waals surface area contributed by atoms with Crippen LogP contribution in [0.4, 0.5) is 0 Å². The minimum absolute atomic E-state index is 0.0742. The summed E-state index contributed by atoms with van der Waals surface area (Å²) < 4.78 is 1.84. The van der Waals surface area contributed by atoms with Crippen LogP contribution in [0.25, 0.3) is 11.4 Å². The molecule has 1 N–H and O–H groups in total. The van der Waals surface area contributed by atoms with Crippen molar-refractivity contribution >= 4 is 23.2 Å². The van der Waals surface area contributed by atoms with Crippen molar-refractivity contribution in [3.63, 3.8) is 0 Å². The number of aryl methyl sites for hydroxylation is 1. The number of benzene rings is 1. The molecule has 0 atom stereocenters. The van der Waals surface area contributed by atoms with Gasteiger partial charge in [0.05, 0.1) is 22.3 Å². The molecule has 2 rings (SSSR count). The summed E-state index contributed by atoms with van der Waals surface area (Å²) in [4.78, 5) is 4.28. The summed E-state index contributed by atoms with van der Waals surface area (Å²) >= 11 is 11.8. The first-order valence-electron chi connectivity index (χ1n) is 4.70. The Labute approximate surface area is 103 Å². The molecule has 0 fully saturated rings. The zero-order valence-corrected chi connectivity index (χ0v) is 10.1. The van der Waals surface area contributed by atoms with Gasteiger partial charge in [-0.2, -0.15) is 0 Å². The standard InChI is InChI=1S/C11H10Cl2N2O/c1-15-5-8(6-16)14-11(15)7-2-3-9(12)10(13)4-7/h2-5,16H,6H2,1H3. The molecule has 1 aromatic carbocycles. The first-order valence-corrected chi connectivity index (χ1v) is 5.46. The Bertz CT molecular complexity index is 523. The average Bonchev–Trinajstić information content (AvgIpc) is 2.64. The van der Waals surface area contributed by atoms with Gasteiger partial charge in [-0.3, -0.25) is 0 Å². The number of aliphatic hydroxyl groups is 1. The first-order chi connectivity index (χ1) is 7.61. The topological polar surface area (TPSA) is 38.0 Å². The van der Waals surface area contributed by atoms with Crippen LogP contribution in [0.2, 0.25) is 10.0 Å². The molecule has 3 nitrogen and oxygen atoms in total. The fourth-order valence-electron chi connectivity index (χ4n) is 1.51. The summed E-state index contributed by atoms with van der Waals surface area (Å²) in [6.07, 6.45) is 1.78. The van der Waals surface area contributed by atoms with Gasteiger partial charge in [0, 0.05) is 18.8 Å². The van der Waals surface area contributed by atoms with Crippen LogP contribution in [0.1, 0.15) is 5.69 Å². The van der Waals surface area contributed by atoms with Gasteiger partial charge in [-0.25, -0.2) is 4.98 Å². The summed E-state index contributed by atoms with van der Waals surface area (Å²) in [5.74, 6) is 0.752. The molecule has 0 saturated heterocycles. The predicted molar refractivity (Wildman–Crippen MR) is 64.6 cm³/mol. The van der Waals surface area contributed by atoms with Crippen LogP contribution < -0.4 is 0 Å². The quantitative estimate of drug-likeness (QED) is 0.898. The average molecular weight is 257 g/mol. The molecule has 0 bridgehead atoms. The molecule has 2 aromatic rings. The van der Waals surface area contributed by atoms with Gasteiger partial charge >= 0.3 is 0 Å². The maximum atomic E-state index is 9.00. The number of aliphatic hydroxyl groups excluding tert-OH is 1. The molecule has 0 saturated carbocycles. The molecule has 1 aromatic heterocycles. The highest BCUT2D eigenvalue weighted by molar-refractivity contribution is 6.42. The van der Waals surface area contributed by atoms with Crippen LogP contribution in [-0.2, 0) is 13.7 Å². The lowest BCUT2D eigenvalue weighted by Gasteiger charge is -2.02. The lowest BCUT2D eigenvalue weighted by atomic mass is 10.2. The molecule has 0 radical (unpaired) electrons. The molecule has 84 valence electrons. The zero-order valence-electron chi connectivity index (χ0n) is 8.61. The van der Waals surface area contributed by atoms with E-state index in [1.165, 1.54) is 0 Å². The normalized spacial score (nSPS) is 10.8. The van der Waals surface area contributed by atoms with Gasteiger partial charge in [0.25, 0.3) is 0 Å². The molecule has 16 heavy (non-hydrogen) atoms. The van der Waals surface area contributed by atoms with Gasteiger partial charge < -0.3 is 9.67 Å². The third-order valence-corrected chi connectivity index (χ3v) is 3.01. The van der Waals surface area contributed by atoms with Gasteiger partial charge in [-0.15, -0.1) is 0 Å². The van der Waals surface area contributed by atoms with Crippen LogP contribution in [0.15, 0.2) is 24.4 Å². The Kier molecular flexibility index (Phi) is 3.19. The highest BCUT2D eigenvalue weighted by Gasteiger charge is 2.08. The Morgan fingerprint density at radius 3 is 2.62 bits per heavy atom. The number of imidazole rings is 1. The summed E-state index contributed by atoms with van der Waals surface area (Å²) in [7, 11) is 1.87. The van der Waals surface area contributed by atoms with Crippen molar-refractivity contribution in [1.29, 1.82) is 0 Å². The number of halogens is 2. The van der Waals surface area contributed by atoms with E-state index >= 15 is 0 Å². The first kappa shape index (κ1) is 11.5. The fraction of sp³-hybridized carbons (Fsp3) is 0.182. The van der Waals surface area contributed by atoms with E-state index in [1.807, 2.05) is 17.7 Å². The van der Waals surface area contributed by atoms with Gasteiger partial charge in [-0.05, 0) is 18.2 Å². The molecular formula is C11H10Cl2N2O. The van der Waals surface area contributed by atoms with Crippen molar-refractivity contribution in [1.82, 2.24) is 9.55 Å².